The number of carbonyl (C=O) groups is 2. The number of carbonyl (C=O) groups excluding carboxylic acids is 2. The van der Waals surface area contributed by atoms with Gasteiger partial charge in [0.15, 0.2) is 5.78 Å². The van der Waals surface area contributed by atoms with E-state index in [1.54, 1.807) is 0 Å². The van der Waals surface area contributed by atoms with Crippen LogP contribution in [0.15, 0.2) is 60.8 Å². The van der Waals surface area contributed by atoms with Gasteiger partial charge in [-0.2, -0.15) is 0 Å². The number of rotatable bonds is 6. The van der Waals surface area contributed by atoms with Crippen molar-refractivity contribution in [2.45, 2.75) is 19.3 Å². The van der Waals surface area contributed by atoms with Crippen LogP contribution in [0.2, 0.25) is 0 Å². The predicted octanol–water partition coefficient (Wildman–Crippen LogP) is 4.06. The van der Waals surface area contributed by atoms with E-state index in [9.17, 15) is 9.59 Å². The molecule has 0 radical (unpaired) electrons. The molecule has 4 rings (SSSR count). The Morgan fingerprint density at radius 3 is 2.50 bits per heavy atom. The lowest BCUT2D eigenvalue weighted by Crippen LogP contribution is -2.40. The monoisotopic (exact) mass is 376 g/mol. The fourth-order valence-corrected chi connectivity index (χ4v) is 3.82. The van der Waals surface area contributed by atoms with Crippen LogP contribution in [-0.4, -0.2) is 41.3 Å². The number of benzene rings is 2. The molecule has 0 bridgehead atoms. The van der Waals surface area contributed by atoms with E-state index >= 15 is 0 Å². The summed E-state index contributed by atoms with van der Waals surface area (Å²) in [6, 6.07) is 17.4. The normalized spacial score (nSPS) is 14.9. The van der Waals surface area contributed by atoms with Gasteiger partial charge in [-0.05, 0) is 31.0 Å². The van der Waals surface area contributed by atoms with Crippen LogP contribution < -0.4 is 4.74 Å². The van der Waals surface area contributed by atoms with Crippen LogP contribution in [0, 0.1) is 5.92 Å². The van der Waals surface area contributed by atoms with Gasteiger partial charge >= 0.3 is 0 Å². The van der Waals surface area contributed by atoms with Crippen LogP contribution in [0.3, 0.4) is 0 Å². The fraction of sp³-hybridized carbons (Fsp3) is 0.304. The van der Waals surface area contributed by atoms with E-state index in [-0.39, 0.29) is 17.6 Å². The number of likely N-dealkylation sites (tertiary alicyclic amines) is 1. The molecule has 0 atom stereocenters. The van der Waals surface area contributed by atoms with Gasteiger partial charge in [0, 0.05) is 41.7 Å². The summed E-state index contributed by atoms with van der Waals surface area (Å²) in [6.07, 6.45) is 3.59. The van der Waals surface area contributed by atoms with Crippen molar-refractivity contribution in [1.29, 1.82) is 0 Å². The first-order valence-electron chi connectivity index (χ1n) is 9.78. The fourth-order valence-electron chi connectivity index (χ4n) is 3.82. The third kappa shape index (κ3) is 3.93. The highest BCUT2D eigenvalue weighted by atomic mass is 16.5. The highest BCUT2D eigenvalue weighted by Crippen LogP contribution is 2.26. The molecular weight excluding hydrogens is 352 g/mol. The minimum absolute atomic E-state index is 0.0242. The summed E-state index contributed by atoms with van der Waals surface area (Å²) >= 11 is 0. The summed E-state index contributed by atoms with van der Waals surface area (Å²) in [4.78, 5) is 30.4. The maximum atomic E-state index is 12.9. The number of ether oxygens (including phenoxy) is 1. The first-order chi connectivity index (χ1) is 13.7. The molecule has 1 N–H and O–H groups in total. The Balaban J connectivity index is 1.28. The predicted molar refractivity (Wildman–Crippen MR) is 108 cm³/mol. The third-order valence-electron chi connectivity index (χ3n) is 5.40. The third-order valence-corrected chi connectivity index (χ3v) is 5.40. The van der Waals surface area contributed by atoms with Gasteiger partial charge in [0.1, 0.15) is 5.75 Å². The van der Waals surface area contributed by atoms with E-state index in [0.29, 0.717) is 39.0 Å². The second-order valence-corrected chi connectivity index (χ2v) is 7.18. The van der Waals surface area contributed by atoms with E-state index < -0.39 is 0 Å². The average molecular weight is 376 g/mol. The molecule has 1 amide bonds. The number of nitrogens with one attached hydrogen (secondary N) is 1. The topological polar surface area (TPSA) is 62.4 Å². The molecule has 144 valence electrons. The minimum atomic E-state index is -0.0242. The Bertz CT molecular complexity index is 956. The van der Waals surface area contributed by atoms with Gasteiger partial charge in [-0.25, -0.2) is 0 Å². The van der Waals surface area contributed by atoms with E-state index in [2.05, 4.69) is 4.98 Å². The summed E-state index contributed by atoms with van der Waals surface area (Å²) in [7, 11) is 0. The van der Waals surface area contributed by atoms with Crippen molar-refractivity contribution in [3.8, 4) is 5.75 Å². The number of amides is 1. The molecular formula is C23H24N2O3. The second kappa shape index (κ2) is 8.30. The largest absolute Gasteiger partial charge is 0.493 e. The first-order valence-corrected chi connectivity index (χ1v) is 9.78. The number of Topliss-reactive ketones (excluding diaryl/α,β-unsaturated/α-hetero) is 1. The number of aromatic nitrogens is 1. The molecule has 1 aromatic heterocycles. The van der Waals surface area contributed by atoms with Gasteiger partial charge in [-0.3, -0.25) is 9.59 Å². The molecule has 1 aliphatic heterocycles. The van der Waals surface area contributed by atoms with Crippen LogP contribution in [0.5, 0.6) is 5.75 Å². The molecule has 0 aliphatic carbocycles. The van der Waals surface area contributed by atoms with E-state index in [0.717, 1.165) is 22.2 Å². The molecule has 2 heterocycles. The number of aromatic amines is 1. The zero-order valence-electron chi connectivity index (χ0n) is 15.8. The molecule has 0 saturated carbocycles. The maximum absolute atomic E-state index is 12.9. The second-order valence-electron chi connectivity index (χ2n) is 7.18. The molecule has 5 heteroatoms. The van der Waals surface area contributed by atoms with Gasteiger partial charge in [0.05, 0.1) is 13.0 Å². The molecule has 28 heavy (non-hydrogen) atoms. The summed E-state index contributed by atoms with van der Waals surface area (Å²) in [5.41, 5.74) is 1.74. The van der Waals surface area contributed by atoms with Crippen molar-refractivity contribution >= 4 is 22.6 Å². The molecule has 1 saturated heterocycles. The van der Waals surface area contributed by atoms with Crippen molar-refractivity contribution < 1.29 is 14.3 Å². The van der Waals surface area contributed by atoms with Crippen LogP contribution in [-0.2, 0) is 4.79 Å². The van der Waals surface area contributed by atoms with Crippen molar-refractivity contribution in [2.24, 2.45) is 5.92 Å². The van der Waals surface area contributed by atoms with E-state index in [1.165, 1.54) is 0 Å². The van der Waals surface area contributed by atoms with Crippen LogP contribution in [0.25, 0.3) is 10.9 Å². The van der Waals surface area contributed by atoms with Crippen molar-refractivity contribution in [3.63, 3.8) is 0 Å². The molecule has 0 spiro atoms. The minimum Gasteiger partial charge on any atom is -0.493 e. The summed E-state index contributed by atoms with van der Waals surface area (Å²) in [5, 5.41) is 0.976. The standard InChI is InChI=1S/C23H24N2O3/c26-22(12-15-28-18-6-2-1-3-7-18)25-13-10-17(11-14-25)23(27)20-16-24-21-9-5-4-8-19(20)21/h1-9,16-17,24H,10-15H2. The summed E-state index contributed by atoms with van der Waals surface area (Å²) in [5.74, 6) is 1.02. The van der Waals surface area contributed by atoms with E-state index in [1.807, 2.05) is 65.7 Å². The molecule has 0 unspecified atom stereocenters. The van der Waals surface area contributed by atoms with Crippen LogP contribution in [0.1, 0.15) is 29.6 Å². The molecule has 5 nitrogen and oxygen atoms in total. The SMILES string of the molecule is O=C(c1c[nH]c2ccccc12)C1CCN(C(=O)CCOc2ccccc2)CC1. The van der Waals surface area contributed by atoms with Gasteiger partial charge in [-0.15, -0.1) is 0 Å². The number of hydrogen-bond acceptors (Lipinski definition) is 3. The number of nitrogens with zero attached hydrogens (tertiary/aromatic N) is 1. The zero-order chi connectivity index (χ0) is 19.3. The Hall–Kier alpha value is -3.08. The molecule has 1 aliphatic rings. The summed E-state index contributed by atoms with van der Waals surface area (Å²) in [6.45, 7) is 1.63. The highest BCUT2D eigenvalue weighted by molar-refractivity contribution is 6.08. The highest BCUT2D eigenvalue weighted by Gasteiger charge is 2.29. The Labute approximate surface area is 164 Å². The number of piperidine rings is 1. The zero-order valence-corrected chi connectivity index (χ0v) is 15.8. The number of hydrogen-bond donors (Lipinski definition) is 1. The number of para-hydroxylation sites is 2. The first kappa shape index (κ1) is 18.3. The van der Waals surface area contributed by atoms with E-state index in [4.69, 9.17) is 4.74 Å². The smallest absolute Gasteiger partial charge is 0.225 e. The Morgan fingerprint density at radius 2 is 1.71 bits per heavy atom. The number of ketones is 1. The summed E-state index contributed by atoms with van der Waals surface area (Å²) < 4.78 is 5.61. The Morgan fingerprint density at radius 1 is 1.00 bits per heavy atom. The number of fused-ring (bicyclic) bond motifs is 1. The van der Waals surface area contributed by atoms with Crippen LogP contribution in [0.4, 0.5) is 0 Å². The van der Waals surface area contributed by atoms with Crippen molar-refractivity contribution in [3.05, 3.63) is 66.4 Å². The van der Waals surface area contributed by atoms with Crippen LogP contribution >= 0.6 is 0 Å². The Kier molecular flexibility index (Phi) is 5.42. The number of H-pyrrole nitrogens is 1. The maximum Gasteiger partial charge on any atom is 0.225 e. The molecule has 1 fully saturated rings. The van der Waals surface area contributed by atoms with Gasteiger partial charge in [0.25, 0.3) is 0 Å². The quantitative estimate of drug-likeness (QED) is 0.660. The average Bonchev–Trinajstić information content (AvgIpc) is 3.18. The lowest BCUT2D eigenvalue weighted by Gasteiger charge is -2.31. The lowest BCUT2D eigenvalue weighted by atomic mass is 9.88. The van der Waals surface area contributed by atoms with Crippen molar-refractivity contribution in [2.75, 3.05) is 19.7 Å². The van der Waals surface area contributed by atoms with Crippen molar-refractivity contribution in [1.82, 2.24) is 9.88 Å². The van der Waals surface area contributed by atoms with Gasteiger partial charge < -0.3 is 14.6 Å². The molecule has 3 aromatic rings. The van der Waals surface area contributed by atoms with Gasteiger partial charge in [0.2, 0.25) is 5.91 Å². The lowest BCUT2D eigenvalue weighted by molar-refractivity contribution is -0.132. The van der Waals surface area contributed by atoms with Gasteiger partial charge in [-0.1, -0.05) is 36.4 Å². The molecule has 2 aromatic carbocycles.